The summed E-state index contributed by atoms with van der Waals surface area (Å²) in [5.41, 5.74) is 0.899. The van der Waals surface area contributed by atoms with Crippen molar-refractivity contribution in [3.63, 3.8) is 0 Å². The summed E-state index contributed by atoms with van der Waals surface area (Å²) < 4.78 is 4.83. The molecule has 1 aliphatic carbocycles. The van der Waals surface area contributed by atoms with E-state index in [9.17, 15) is 4.79 Å². The Morgan fingerprint density at radius 1 is 1.67 bits per heavy atom. The monoisotopic (exact) mass is 208 g/mol. The van der Waals surface area contributed by atoms with Crippen molar-refractivity contribution in [3.05, 3.63) is 24.0 Å². The van der Waals surface area contributed by atoms with Crippen LogP contribution in [0.2, 0.25) is 0 Å². The number of hydrogen-bond acceptors (Lipinski definition) is 3. The highest BCUT2D eigenvalue weighted by Gasteiger charge is 2.36. The highest BCUT2D eigenvalue weighted by molar-refractivity contribution is 5.77. The van der Waals surface area contributed by atoms with Crippen molar-refractivity contribution < 1.29 is 9.53 Å². The van der Waals surface area contributed by atoms with E-state index in [0.29, 0.717) is 6.04 Å². The zero-order valence-corrected chi connectivity index (χ0v) is 9.06. The first-order valence-corrected chi connectivity index (χ1v) is 5.17. The van der Waals surface area contributed by atoms with Gasteiger partial charge in [0.05, 0.1) is 7.11 Å². The van der Waals surface area contributed by atoms with E-state index < -0.39 is 0 Å². The lowest BCUT2D eigenvalue weighted by molar-refractivity contribution is -0.147. The van der Waals surface area contributed by atoms with E-state index in [1.165, 1.54) is 20.0 Å². The van der Waals surface area contributed by atoms with E-state index in [2.05, 4.69) is 9.88 Å². The van der Waals surface area contributed by atoms with Crippen LogP contribution in [0.15, 0.2) is 18.3 Å². The molecule has 4 heteroatoms. The first-order valence-electron chi connectivity index (χ1n) is 5.17. The lowest BCUT2D eigenvalue weighted by Gasteiger charge is -2.24. The summed E-state index contributed by atoms with van der Waals surface area (Å²) in [5, 5.41) is 0. The molecule has 0 aromatic carbocycles. The predicted molar refractivity (Wildman–Crippen MR) is 56.3 cm³/mol. The van der Waals surface area contributed by atoms with Gasteiger partial charge in [0.1, 0.15) is 6.04 Å². The number of hydrogen-bond donors (Lipinski definition) is 1. The number of carbonyl (C=O) groups is 1. The Morgan fingerprint density at radius 3 is 2.87 bits per heavy atom. The number of aromatic amines is 1. The minimum atomic E-state index is -0.294. The fourth-order valence-corrected chi connectivity index (χ4v) is 1.83. The van der Waals surface area contributed by atoms with Gasteiger partial charge in [0, 0.05) is 17.9 Å². The van der Waals surface area contributed by atoms with Crippen LogP contribution in [0.4, 0.5) is 0 Å². The molecule has 1 aromatic rings. The molecule has 0 spiro atoms. The summed E-state index contributed by atoms with van der Waals surface area (Å²) >= 11 is 0. The maximum absolute atomic E-state index is 11.7. The average molecular weight is 208 g/mol. The third-order valence-corrected chi connectivity index (χ3v) is 2.87. The van der Waals surface area contributed by atoms with Gasteiger partial charge in [-0.2, -0.15) is 0 Å². The van der Waals surface area contributed by atoms with Crippen LogP contribution >= 0.6 is 0 Å². The van der Waals surface area contributed by atoms with E-state index in [4.69, 9.17) is 4.74 Å². The van der Waals surface area contributed by atoms with E-state index in [1.54, 1.807) is 0 Å². The van der Waals surface area contributed by atoms with Crippen molar-refractivity contribution in [2.45, 2.75) is 24.9 Å². The molecule has 1 N–H and O–H groups in total. The highest BCUT2D eigenvalue weighted by atomic mass is 16.5. The summed E-state index contributed by atoms with van der Waals surface area (Å²) in [6.07, 6.45) is 4.17. The van der Waals surface area contributed by atoms with E-state index >= 15 is 0 Å². The van der Waals surface area contributed by atoms with Crippen molar-refractivity contribution in [1.82, 2.24) is 9.88 Å². The fraction of sp³-hybridized carbons (Fsp3) is 0.545. The Kier molecular flexibility index (Phi) is 2.77. The average Bonchev–Trinajstić information content (AvgIpc) is 2.97. The zero-order chi connectivity index (χ0) is 10.8. The van der Waals surface area contributed by atoms with Crippen LogP contribution in [0.25, 0.3) is 0 Å². The van der Waals surface area contributed by atoms with E-state index in [-0.39, 0.29) is 12.0 Å². The topological polar surface area (TPSA) is 45.3 Å². The summed E-state index contributed by atoms with van der Waals surface area (Å²) in [6.45, 7) is 0. The molecule has 2 rings (SSSR count). The van der Waals surface area contributed by atoms with Gasteiger partial charge in [0.15, 0.2) is 0 Å². The Morgan fingerprint density at radius 2 is 2.40 bits per heavy atom. The number of methoxy groups -OCH3 is 1. The van der Waals surface area contributed by atoms with Gasteiger partial charge in [0.25, 0.3) is 0 Å². The second-order valence-electron chi connectivity index (χ2n) is 3.95. The number of ether oxygens (including phenoxy) is 1. The van der Waals surface area contributed by atoms with Crippen LogP contribution in [0, 0.1) is 0 Å². The third-order valence-electron chi connectivity index (χ3n) is 2.87. The molecular formula is C11H16N2O2. The molecular weight excluding hydrogens is 192 g/mol. The van der Waals surface area contributed by atoms with Crippen LogP contribution in [0.1, 0.15) is 24.6 Å². The number of carbonyl (C=O) groups excluding carboxylic acids is 1. The molecule has 82 valence electrons. The molecule has 1 aromatic heterocycles. The highest BCUT2D eigenvalue weighted by Crippen LogP contribution is 2.32. The number of nitrogens with one attached hydrogen (secondary N) is 1. The Hall–Kier alpha value is -1.29. The molecule has 1 atom stereocenters. The van der Waals surface area contributed by atoms with Gasteiger partial charge in [-0.15, -0.1) is 0 Å². The van der Waals surface area contributed by atoms with E-state index in [1.807, 2.05) is 25.4 Å². The normalized spacial score (nSPS) is 17.8. The van der Waals surface area contributed by atoms with Crippen molar-refractivity contribution in [3.8, 4) is 0 Å². The van der Waals surface area contributed by atoms with Crippen LogP contribution in [-0.2, 0) is 9.53 Å². The Labute approximate surface area is 89.2 Å². The van der Waals surface area contributed by atoms with Crippen LogP contribution in [-0.4, -0.2) is 36.1 Å². The molecule has 0 aliphatic heterocycles. The van der Waals surface area contributed by atoms with Gasteiger partial charge in [-0.3, -0.25) is 4.90 Å². The molecule has 0 amide bonds. The quantitative estimate of drug-likeness (QED) is 0.759. The molecule has 0 radical (unpaired) electrons. The number of nitrogens with zero attached hydrogens (tertiary/aromatic N) is 1. The minimum absolute atomic E-state index is 0.202. The van der Waals surface area contributed by atoms with Crippen LogP contribution in [0.5, 0.6) is 0 Å². The summed E-state index contributed by atoms with van der Waals surface area (Å²) in [6, 6.07) is 4.04. The van der Waals surface area contributed by atoms with Gasteiger partial charge in [-0.05, 0) is 32.0 Å². The minimum Gasteiger partial charge on any atom is -0.468 e. The van der Waals surface area contributed by atoms with Crippen molar-refractivity contribution in [2.24, 2.45) is 0 Å². The fourth-order valence-electron chi connectivity index (χ4n) is 1.83. The summed E-state index contributed by atoms with van der Waals surface area (Å²) in [4.78, 5) is 16.9. The van der Waals surface area contributed by atoms with Crippen LogP contribution in [0.3, 0.4) is 0 Å². The second kappa shape index (κ2) is 4.06. The maximum Gasteiger partial charge on any atom is 0.329 e. The zero-order valence-electron chi connectivity index (χ0n) is 9.06. The molecule has 1 fully saturated rings. The standard InChI is InChI=1S/C11H16N2O2/c1-13(8-5-6-8)10(11(14)15-2)9-4-3-7-12-9/h3-4,7-8,10,12H,5-6H2,1-2H3. The third kappa shape index (κ3) is 2.04. The largest absolute Gasteiger partial charge is 0.468 e. The van der Waals surface area contributed by atoms with Crippen molar-refractivity contribution in [2.75, 3.05) is 14.2 Å². The number of H-pyrrole nitrogens is 1. The lowest BCUT2D eigenvalue weighted by atomic mass is 10.2. The first-order chi connectivity index (χ1) is 7.24. The van der Waals surface area contributed by atoms with Gasteiger partial charge in [-0.25, -0.2) is 4.79 Å². The molecule has 1 aliphatic rings. The Balaban J connectivity index is 2.19. The SMILES string of the molecule is COC(=O)C(c1ccc[nH]1)N(C)C1CC1. The smallest absolute Gasteiger partial charge is 0.329 e. The first kappa shape index (κ1) is 10.2. The summed E-state index contributed by atoms with van der Waals surface area (Å²) in [7, 11) is 3.40. The lowest BCUT2D eigenvalue weighted by Crippen LogP contribution is -2.33. The second-order valence-corrected chi connectivity index (χ2v) is 3.95. The van der Waals surface area contributed by atoms with Crippen molar-refractivity contribution in [1.29, 1.82) is 0 Å². The Bertz CT molecular complexity index is 330. The predicted octanol–water partition coefficient (Wildman–Crippen LogP) is 1.32. The molecule has 15 heavy (non-hydrogen) atoms. The molecule has 1 heterocycles. The number of likely N-dealkylation sites (N-methyl/N-ethyl adjacent to an activating group) is 1. The number of esters is 1. The van der Waals surface area contributed by atoms with Gasteiger partial charge < -0.3 is 9.72 Å². The van der Waals surface area contributed by atoms with Crippen LogP contribution < -0.4 is 0 Å². The molecule has 4 nitrogen and oxygen atoms in total. The van der Waals surface area contributed by atoms with Gasteiger partial charge >= 0.3 is 5.97 Å². The molecule has 0 bridgehead atoms. The number of rotatable bonds is 4. The molecule has 1 unspecified atom stereocenters. The van der Waals surface area contributed by atoms with E-state index in [0.717, 1.165) is 5.69 Å². The van der Waals surface area contributed by atoms with Crippen molar-refractivity contribution >= 4 is 5.97 Å². The number of aromatic nitrogens is 1. The maximum atomic E-state index is 11.7. The molecule has 0 saturated heterocycles. The molecule has 1 saturated carbocycles. The van der Waals surface area contributed by atoms with Gasteiger partial charge in [-0.1, -0.05) is 0 Å². The summed E-state index contributed by atoms with van der Waals surface area (Å²) in [5.74, 6) is -0.202. The van der Waals surface area contributed by atoms with Gasteiger partial charge in [0.2, 0.25) is 0 Å².